The monoisotopic (exact) mass is 478 g/mol. The number of fused-ring (bicyclic) bond motifs is 2. The van der Waals surface area contributed by atoms with Gasteiger partial charge in [0.15, 0.2) is 0 Å². The summed E-state index contributed by atoms with van der Waals surface area (Å²) in [5, 5.41) is 0. The van der Waals surface area contributed by atoms with Crippen LogP contribution in [0, 0.1) is 0 Å². The summed E-state index contributed by atoms with van der Waals surface area (Å²) in [4.78, 5) is 5.25. The Morgan fingerprint density at radius 2 is 1.47 bits per heavy atom. The Bertz CT molecular complexity index is 647. The van der Waals surface area contributed by atoms with Gasteiger partial charge in [-0.3, -0.25) is 0 Å². The van der Waals surface area contributed by atoms with E-state index in [1.165, 1.54) is 25.1 Å². The molecular formula is C16H14PbS2. The average Bonchev–Trinajstić information content (AvgIpc) is 2.43. The van der Waals surface area contributed by atoms with Crippen LogP contribution in [-0.4, -0.2) is 27.3 Å². The van der Waals surface area contributed by atoms with Crippen LogP contribution >= 0.6 is 23.5 Å². The first-order chi connectivity index (χ1) is 8.83. The van der Waals surface area contributed by atoms with Gasteiger partial charge in [0.1, 0.15) is 0 Å². The molecule has 2 aromatic rings. The maximum absolute atomic E-state index is 3.93. The summed E-state index contributed by atoms with van der Waals surface area (Å²) in [6.07, 6.45) is 3.82. The first-order valence-electron chi connectivity index (χ1n) is 5.70. The molecule has 94 valence electrons. The molecule has 0 atom stereocenters. The van der Waals surface area contributed by atoms with E-state index in [2.05, 4.69) is 49.6 Å². The fraction of sp³-hybridized carbons (Fsp3) is 0. The fourth-order valence-corrected chi connectivity index (χ4v) is 4.42. The zero-order chi connectivity index (χ0) is 12.5. The molecule has 0 saturated carbocycles. The van der Waals surface area contributed by atoms with Gasteiger partial charge in [-0.05, 0) is 29.3 Å². The Hall–Kier alpha value is -0.458. The fourth-order valence-electron chi connectivity index (χ4n) is 2.02. The van der Waals surface area contributed by atoms with Crippen molar-refractivity contribution in [2.75, 3.05) is 0 Å². The van der Waals surface area contributed by atoms with Crippen molar-refractivity contribution in [3.63, 3.8) is 0 Å². The quantitative estimate of drug-likeness (QED) is 0.492. The minimum absolute atomic E-state index is 0. The van der Waals surface area contributed by atoms with Crippen molar-refractivity contribution in [3.05, 3.63) is 60.7 Å². The van der Waals surface area contributed by atoms with Crippen LogP contribution in [0.3, 0.4) is 0 Å². The van der Waals surface area contributed by atoms with E-state index in [1.54, 1.807) is 0 Å². The number of hydrogen-bond acceptors (Lipinski definition) is 2. The van der Waals surface area contributed by atoms with E-state index >= 15 is 0 Å². The summed E-state index contributed by atoms with van der Waals surface area (Å²) in [6.45, 7) is 7.80. The Labute approximate surface area is 142 Å². The van der Waals surface area contributed by atoms with Crippen LogP contribution in [-0.2, 0) is 0 Å². The van der Waals surface area contributed by atoms with E-state index in [-0.39, 0.29) is 27.3 Å². The van der Waals surface area contributed by atoms with Crippen LogP contribution in [0.25, 0.3) is 12.2 Å². The van der Waals surface area contributed by atoms with Crippen molar-refractivity contribution in [2.45, 2.75) is 19.6 Å². The summed E-state index contributed by atoms with van der Waals surface area (Å²) >= 11 is 3.65. The van der Waals surface area contributed by atoms with Gasteiger partial charge < -0.3 is 0 Å². The molecule has 0 spiro atoms. The van der Waals surface area contributed by atoms with Gasteiger partial charge in [0, 0.05) is 19.6 Å². The summed E-state index contributed by atoms with van der Waals surface area (Å²) in [7, 11) is 0. The second-order valence-corrected chi connectivity index (χ2v) is 6.09. The second-order valence-electron chi connectivity index (χ2n) is 3.95. The van der Waals surface area contributed by atoms with Crippen molar-refractivity contribution < 1.29 is 0 Å². The Morgan fingerprint density at radius 1 is 0.789 bits per heavy atom. The molecule has 0 fully saturated rings. The SMILES string of the molecule is C=Cc1ccc2c(c1C=C)Sc1ccccc1S2.[PbH2]. The Balaban J connectivity index is 0.00000133. The van der Waals surface area contributed by atoms with E-state index in [0.29, 0.717) is 0 Å². The minimum atomic E-state index is 0. The molecule has 1 aliphatic heterocycles. The molecular weight excluding hydrogens is 464 g/mol. The predicted octanol–water partition coefficient (Wildman–Crippen LogP) is 4.67. The average molecular weight is 478 g/mol. The summed E-state index contributed by atoms with van der Waals surface area (Å²) in [5.41, 5.74) is 2.34. The Morgan fingerprint density at radius 3 is 2.11 bits per heavy atom. The molecule has 2 aromatic carbocycles. The molecule has 3 rings (SSSR count). The van der Waals surface area contributed by atoms with Gasteiger partial charge in [-0.15, -0.1) is 0 Å². The van der Waals surface area contributed by atoms with Gasteiger partial charge in [0.25, 0.3) is 0 Å². The summed E-state index contributed by atoms with van der Waals surface area (Å²) < 4.78 is 0. The van der Waals surface area contributed by atoms with Gasteiger partial charge in [0.05, 0.1) is 0 Å². The van der Waals surface area contributed by atoms with Gasteiger partial charge in [-0.2, -0.15) is 0 Å². The predicted molar refractivity (Wildman–Crippen MR) is 89.9 cm³/mol. The van der Waals surface area contributed by atoms with E-state index in [9.17, 15) is 0 Å². The standard InChI is InChI=1S/C16H12S2.Pb.2H/c1-3-11-9-10-15-16(12(11)4-2)18-14-8-6-5-7-13(14)17-15;;;/h3-10H,1-2H2;;;. The molecule has 19 heavy (non-hydrogen) atoms. The zero-order valence-electron chi connectivity index (χ0n) is 10.6. The molecule has 0 nitrogen and oxygen atoms in total. The number of rotatable bonds is 2. The molecule has 0 amide bonds. The maximum atomic E-state index is 3.93. The molecule has 0 aromatic heterocycles. The van der Waals surface area contributed by atoms with E-state index in [0.717, 1.165) is 5.56 Å². The van der Waals surface area contributed by atoms with Crippen molar-refractivity contribution in [3.8, 4) is 0 Å². The Kier molecular flexibility index (Phi) is 4.98. The van der Waals surface area contributed by atoms with Crippen LogP contribution in [0.5, 0.6) is 0 Å². The summed E-state index contributed by atoms with van der Waals surface area (Å²) in [6, 6.07) is 12.8. The zero-order valence-corrected chi connectivity index (χ0v) is 17.7. The first kappa shape index (κ1) is 14.9. The molecule has 1 heterocycles. The topological polar surface area (TPSA) is 0 Å². The van der Waals surface area contributed by atoms with Crippen LogP contribution in [0.15, 0.2) is 69.1 Å². The second kappa shape index (κ2) is 6.33. The molecule has 2 radical (unpaired) electrons. The van der Waals surface area contributed by atoms with Gasteiger partial charge in [-0.1, -0.05) is 67.0 Å². The third-order valence-electron chi connectivity index (χ3n) is 2.90. The van der Waals surface area contributed by atoms with E-state index in [1.807, 2.05) is 35.7 Å². The number of benzene rings is 2. The van der Waals surface area contributed by atoms with Crippen LogP contribution in [0.4, 0.5) is 0 Å². The summed E-state index contributed by atoms with van der Waals surface area (Å²) in [5.74, 6) is 0. The third-order valence-corrected chi connectivity index (χ3v) is 5.51. The van der Waals surface area contributed by atoms with Gasteiger partial charge >= 0.3 is 27.3 Å². The van der Waals surface area contributed by atoms with Crippen LogP contribution in [0.2, 0.25) is 0 Å². The van der Waals surface area contributed by atoms with E-state index < -0.39 is 0 Å². The molecule has 1 aliphatic rings. The van der Waals surface area contributed by atoms with Crippen molar-refractivity contribution in [1.29, 1.82) is 0 Å². The van der Waals surface area contributed by atoms with Gasteiger partial charge in [0.2, 0.25) is 0 Å². The van der Waals surface area contributed by atoms with Crippen LogP contribution in [0.1, 0.15) is 11.1 Å². The molecule has 0 aliphatic carbocycles. The normalized spacial score (nSPS) is 11.8. The molecule has 3 heteroatoms. The van der Waals surface area contributed by atoms with Crippen molar-refractivity contribution in [2.24, 2.45) is 0 Å². The molecule has 0 unspecified atom stereocenters. The van der Waals surface area contributed by atoms with Crippen molar-refractivity contribution in [1.82, 2.24) is 0 Å². The van der Waals surface area contributed by atoms with Crippen LogP contribution < -0.4 is 0 Å². The molecule has 0 N–H and O–H groups in total. The first-order valence-corrected chi connectivity index (χ1v) is 7.33. The number of hydrogen-bond donors (Lipinski definition) is 0. The van der Waals surface area contributed by atoms with Crippen molar-refractivity contribution >= 4 is 63.0 Å². The third kappa shape index (κ3) is 2.71. The van der Waals surface area contributed by atoms with E-state index in [4.69, 9.17) is 0 Å². The molecule has 0 saturated heterocycles. The van der Waals surface area contributed by atoms with Gasteiger partial charge in [-0.25, -0.2) is 0 Å². The molecule has 0 bridgehead atoms.